The van der Waals surface area contributed by atoms with Gasteiger partial charge in [0.15, 0.2) is 5.56 Å². The van der Waals surface area contributed by atoms with Crippen molar-refractivity contribution < 1.29 is 9.53 Å². The van der Waals surface area contributed by atoms with Gasteiger partial charge in [-0.1, -0.05) is 23.2 Å². The molecule has 0 N–H and O–H groups in total. The SMILES string of the molecule is CC(Cl)OC(=O)N1CCc2c(Cl)nc(Cl)nc2C1. The van der Waals surface area contributed by atoms with E-state index in [1.165, 1.54) is 4.90 Å². The number of nitrogens with zero attached hydrogens (tertiary/aromatic N) is 3. The second kappa shape index (κ2) is 5.47. The highest BCUT2D eigenvalue weighted by Gasteiger charge is 2.26. The molecule has 1 atom stereocenters. The van der Waals surface area contributed by atoms with Crippen molar-refractivity contribution in [2.45, 2.75) is 25.5 Å². The number of carbonyl (C=O) groups is 1. The lowest BCUT2D eigenvalue weighted by atomic mass is 10.1. The topological polar surface area (TPSA) is 55.3 Å². The first-order valence-electron chi connectivity index (χ1n) is 5.28. The van der Waals surface area contributed by atoms with Crippen molar-refractivity contribution in [1.29, 1.82) is 0 Å². The van der Waals surface area contributed by atoms with Gasteiger partial charge in [0.1, 0.15) is 5.15 Å². The Balaban J connectivity index is 2.17. The highest BCUT2D eigenvalue weighted by Crippen LogP contribution is 2.25. The standard InChI is InChI=1S/C10H10Cl3N3O2/c1-5(11)18-10(17)16-3-2-6-7(4-16)14-9(13)15-8(6)12/h5H,2-4H2,1H3. The Morgan fingerprint density at radius 1 is 1.44 bits per heavy atom. The molecule has 2 rings (SSSR count). The molecule has 1 aromatic heterocycles. The molecule has 8 heteroatoms. The molecular formula is C10H10Cl3N3O2. The lowest BCUT2D eigenvalue weighted by Gasteiger charge is -2.27. The maximum absolute atomic E-state index is 11.7. The predicted molar refractivity (Wildman–Crippen MR) is 68.0 cm³/mol. The van der Waals surface area contributed by atoms with E-state index in [9.17, 15) is 4.79 Å². The van der Waals surface area contributed by atoms with E-state index >= 15 is 0 Å². The van der Waals surface area contributed by atoms with Crippen LogP contribution in [0.4, 0.5) is 4.79 Å². The monoisotopic (exact) mass is 309 g/mol. The molecular weight excluding hydrogens is 300 g/mol. The zero-order valence-electron chi connectivity index (χ0n) is 9.49. The average Bonchev–Trinajstić information content (AvgIpc) is 2.26. The summed E-state index contributed by atoms with van der Waals surface area (Å²) < 4.78 is 4.91. The van der Waals surface area contributed by atoms with Crippen LogP contribution in [0.15, 0.2) is 0 Å². The van der Waals surface area contributed by atoms with Crippen LogP contribution >= 0.6 is 34.8 Å². The van der Waals surface area contributed by atoms with Crippen LogP contribution in [-0.4, -0.2) is 33.1 Å². The number of amides is 1. The van der Waals surface area contributed by atoms with Crippen molar-refractivity contribution in [3.63, 3.8) is 0 Å². The molecule has 2 heterocycles. The van der Waals surface area contributed by atoms with E-state index < -0.39 is 11.7 Å². The smallest absolute Gasteiger partial charge is 0.411 e. The van der Waals surface area contributed by atoms with Gasteiger partial charge in [-0.05, 0) is 24.9 Å². The fraction of sp³-hybridized carbons (Fsp3) is 0.500. The summed E-state index contributed by atoms with van der Waals surface area (Å²) in [6.45, 7) is 2.35. The molecule has 0 spiro atoms. The van der Waals surface area contributed by atoms with Gasteiger partial charge in [0.05, 0.1) is 12.2 Å². The van der Waals surface area contributed by atoms with Gasteiger partial charge < -0.3 is 9.64 Å². The first kappa shape index (κ1) is 13.6. The third kappa shape index (κ3) is 2.96. The fourth-order valence-corrected chi connectivity index (χ4v) is 2.32. The molecule has 0 radical (unpaired) electrons. The third-order valence-electron chi connectivity index (χ3n) is 2.51. The molecule has 0 saturated carbocycles. The van der Waals surface area contributed by atoms with E-state index in [0.29, 0.717) is 30.4 Å². The first-order valence-corrected chi connectivity index (χ1v) is 6.47. The number of alkyl halides is 1. The molecule has 5 nitrogen and oxygen atoms in total. The van der Waals surface area contributed by atoms with Crippen molar-refractivity contribution in [1.82, 2.24) is 14.9 Å². The molecule has 0 bridgehead atoms. The Kier molecular flexibility index (Phi) is 4.14. The van der Waals surface area contributed by atoms with E-state index in [1.54, 1.807) is 6.92 Å². The van der Waals surface area contributed by atoms with Crippen LogP contribution in [0.25, 0.3) is 0 Å². The molecule has 1 amide bonds. The molecule has 0 aromatic carbocycles. The largest absolute Gasteiger partial charge is 0.430 e. The van der Waals surface area contributed by atoms with Crippen LogP contribution in [0, 0.1) is 0 Å². The maximum Gasteiger partial charge on any atom is 0.411 e. The number of aromatic nitrogens is 2. The Bertz CT molecular complexity index is 482. The summed E-state index contributed by atoms with van der Waals surface area (Å²) in [4.78, 5) is 21.1. The minimum absolute atomic E-state index is 0.0691. The number of ether oxygens (including phenoxy) is 1. The summed E-state index contributed by atoms with van der Waals surface area (Å²) in [6, 6.07) is 0. The van der Waals surface area contributed by atoms with Crippen molar-refractivity contribution in [3.8, 4) is 0 Å². The summed E-state index contributed by atoms with van der Waals surface area (Å²) >= 11 is 17.3. The first-order chi connectivity index (χ1) is 8.47. The predicted octanol–water partition coefficient (Wildman–Crippen LogP) is 2.86. The number of halogens is 3. The number of hydrogen-bond acceptors (Lipinski definition) is 4. The van der Waals surface area contributed by atoms with E-state index in [0.717, 1.165) is 5.56 Å². The molecule has 1 aliphatic rings. The zero-order valence-corrected chi connectivity index (χ0v) is 11.8. The molecule has 0 aliphatic carbocycles. The number of fused-ring (bicyclic) bond motifs is 1. The van der Waals surface area contributed by atoms with Gasteiger partial charge in [-0.15, -0.1) is 0 Å². The van der Waals surface area contributed by atoms with Gasteiger partial charge in [-0.2, -0.15) is 0 Å². The van der Waals surface area contributed by atoms with Gasteiger partial charge in [-0.25, -0.2) is 14.8 Å². The molecule has 18 heavy (non-hydrogen) atoms. The third-order valence-corrected chi connectivity index (χ3v) is 3.08. The van der Waals surface area contributed by atoms with E-state index in [-0.39, 0.29) is 5.28 Å². The van der Waals surface area contributed by atoms with E-state index in [1.807, 2.05) is 0 Å². The highest BCUT2D eigenvalue weighted by molar-refractivity contribution is 6.32. The molecule has 0 fully saturated rings. The zero-order chi connectivity index (χ0) is 13.3. The molecule has 98 valence electrons. The normalized spacial score (nSPS) is 16.1. The lowest BCUT2D eigenvalue weighted by Crippen LogP contribution is -2.37. The summed E-state index contributed by atoms with van der Waals surface area (Å²) in [7, 11) is 0. The Morgan fingerprint density at radius 2 is 2.17 bits per heavy atom. The van der Waals surface area contributed by atoms with Crippen molar-refractivity contribution >= 4 is 40.9 Å². The van der Waals surface area contributed by atoms with Crippen LogP contribution in [0.2, 0.25) is 10.4 Å². The second-order valence-electron chi connectivity index (χ2n) is 3.81. The Labute approximate surface area is 119 Å². The van der Waals surface area contributed by atoms with Gasteiger partial charge in [0.25, 0.3) is 0 Å². The van der Waals surface area contributed by atoms with Crippen molar-refractivity contribution in [2.24, 2.45) is 0 Å². The summed E-state index contributed by atoms with van der Waals surface area (Å²) in [5.41, 5.74) is 0.797. The highest BCUT2D eigenvalue weighted by atomic mass is 35.5. The molecule has 1 unspecified atom stereocenters. The van der Waals surface area contributed by atoms with E-state index in [2.05, 4.69) is 9.97 Å². The van der Waals surface area contributed by atoms with Crippen LogP contribution in [0.1, 0.15) is 18.2 Å². The van der Waals surface area contributed by atoms with Gasteiger partial charge in [-0.3, -0.25) is 0 Å². The number of carbonyl (C=O) groups excluding carboxylic acids is 1. The van der Waals surface area contributed by atoms with Gasteiger partial charge in [0.2, 0.25) is 5.28 Å². The summed E-state index contributed by atoms with van der Waals surface area (Å²) in [5.74, 6) is 0. The Hall–Kier alpha value is -0.780. The number of hydrogen-bond donors (Lipinski definition) is 0. The minimum Gasteiger partial charge on any atom is -0.430 e. The van der Waals surface area contributed by atoms with Crippen molar-refractivity contribution in [3.05, 3.63) is 21.7 Å². The Morgan fingerprint density at radius 3 is 2.83 bits per heavy atom. The van der Waals surface area contributed by atoms with Gasteiger partial charge >= 0.3 is 6.09 Å². The lowest BCUT2D eigenvalue weighted by molar-refractivity contribution is 0.0908. The average molecular weight is 311 g/mol. The minimum atomic E-state index is -0.670. The molecule has 1 aromatic rings. The quantitative estimate of drug-likeness (QED) is 0.455. The van der Waals surface area contributed by atoms with Crippen LogP contribution in [0.5, 0.6) is 0 Å². The molecule has 1 aliphatic heterocycles. The number of rotatable bonds is 1. The molecule has 0 saturated heterocycles. The second-order valence-corrected chi connectivity index (χ2v) is 5.12. The fourth-order valence-electron chi connectivity index (χ4n) is 1.73. The summed E-state index contributed by atoms with van der Waals surface area (Å²) in [5, 5.41) is 0.406. The summed E-state index contributed by atoms with van der Waals surface area (Å²) in [6.07, 6.45) is 0.0888. The van der Waals surface area contributed by atoms with Crippen LogP contribution in [0.3, 0.4) is 0 Å². The van der Waals surface area contributed by atoms with Gasteiger partial charge in [0, 0.05) is 12.1 Å². The maximum atomic E-state index is 11.7. The van der Waals surface area contributed by atoms with Crippen molar-refractivity contribution in [2.75, 3.05) is 6.54 Å². The van der Waals surface area contributed by atoms with Crippen LogP contribution in [-0.2, 0) is 17.7 Å². The van der Waals surface area contributed by atoms with E-state index in [4.69, 9.17) is 39.5 Å². The van der Waals surface area contributed by atoms with Crippen LogP contribution < -0.4 is 0 Å².